The van der Waals surface area contributed by atoms with E-state index in [0.717, 1.165) is 79.6 Å². The summed E-state index contributed by atoms with van der Waals surface area (Å²) in [5.74, 6) is 1.48. The third kappa shape index (κ3) is 7.44. The van der Waals surface area contributed by atoms with Crippen molar-refractivity contribution in [1.29, 1.82) is 5.41 Å². The maximum absolute atomic E-state index is 7.80. The van der Waals surface area contributed by atoms with Crippen LogP contribution in [-0.4, -0.2) is 105 Å². The van der Waals surface area contributed by atoms with Gasteiger partial charge >= 0.3 is 0 Å². The van der Waals surface area contributed by atoms with Crippen molar-refractivity contribution in [3.63, 3.8) is 0 Å². The maximum Gasteiger partial charge on any atom is 0.124 e. The molecule has 5 rings (SSSR count). The second-order valence-electron chi connectivity index (χ2n) is 11.5. The number of nitrogens with one attached hydrogen (secondary N) is 2. The molecule has 2 aromatic carbocycles. The summed E-state index contributed by atoms with van der Waals surface area (Å²) in [6.45, 7) is 10.5. The third-order valence-corrected chi connectivity index (χ3v) is 8.30. The molecule has 230 valence electrons. The molecule has 1 aromatic heterocycles. The first kappa shape index (κ1) is 30.7. The number of aromatic nitrogens is 2. The topological polar surface area (TPSA) is 99.1 Å². The molecule has 10 nitrogen and oxygen atoms in total. The number of likely N-dealkylation sites (tertiary alicyclic amines) is 1. The number of benzene rings is 2. The summed E-state index contributed by atoms with van der Waals surface area (Å²) in [5, 5.41) is 10.8. The van der Waals surface area contributed by atoms with Gasteiger partial charge in [-0.2, -0.15) is 0 Å². The molecule has 10 heteroatoms. The summed E-state index contributed by atoms with van der Waals surface area (Å²) in [4.78, 5) is 17.0. The number of morpholine rings is 1. The van der Waals surface area contributed by atoms with Gasteiger partial charge in [-0.1, -0.05) is 0 Å². The molecule has 0 spiro atoms. The molecule has 43 heavy (non-hydrogen) atoms. The van der Waals surface area contributed by atoms with Crippen LogP contribution in [0.2, 0.25) is 0 Å². The smallest absolute Gasteiger partial charge is 0.124 e. The highest BCUT2D eigenvalue weighted by molar-refractivity contribution is 6.07. The zero-order valence-corrected chi connectivity index (χ0v) is 26.0. The fourth-order valence-electron chi connectivity index (χ4n) is 6.29. The molecule has 2 aliphatic rings. The van der Waals surface area contributed by atoms with Gasteiger partial charge in [0.05, 0.1) is 49.4 Å². The van der Waals surface area contributed by atoms with Gasteiger partial charge in [-0.25, -0.2) is 4.98 Å². The van der Waals surface area contributed by atoms with Crippen molar-refractivity contribution in [1.82, 2.24) is 25.1 Å². The largest absolute Gasteiger partial charge is 0.497 e. The van der Waals surface area contributed by atoms with Crippen LogP contribution in [0.4, 0.5) is 11.4 Å². The van der Waals surface area contributed by atoms with E-state index in [2.05, 4.69) is 51.0 Å². The Balaban J connectivity index is 1.37. The van der Waals surface area contributed by atoms with Crippen LogP contribution in [-0.2, 0) is 4.74 Å². The Hall–Kier alpha value is -3.73. The van der Waals surface area contributed by atoms with Crippen LogP contribution in [0.1, 0.15) is 32.4 Å². The molecule has 0 aliphatic carbocycles. The standard InChI is InChI=1S/C33H45N7O3/c1-23-20-39(21-24(2)43-23)27-9-12-38(22-27)10-6-11-40(28-13-29(41-4)16-30(14-28)42-5)26-7-8-31-32(15-26)37-33(19-36-31)25(17-34)18-35-3/h7-8,13-19,23-24,27,34-35H,6,9-12,20-22H2,1-5H3/b25-18+,34-17?/t23-,24+,27?. The molecule has 2 fully saturated rings. The summed E-state index contributed by atoms with van der Waals surface area (Å²) in [6, 6.07) is 12.8. The van der Waals surface area contributed by atoms with E-state index in [1.807, 2.05) is 31.3 Å². The molecule has 1 unspecified atom stereocenters. The lowest BCUT2D eigenvalue weighted by molar-refractivity contribution is -0.0790. The van der Waals surface area contributed by atoms with Crippen molar-refractivity contribution < 1.29 is 14.2 Å². The first-order chi connectivity index (χ1) is 20.9. The Labute approximate surface area is 255 Å². The van der Waals surface area contributed by atoms with Crippen LogP contribution < -0.4 is 19.7 Å². The first-order valence-corrected chi connectivity index (χ1v) is 15.2. The van der Waals surface area contributed by atoms with Crippen LogP contribution >= 0.6 is 0 Å². The zero-order chi connectivity index (χ0) is 30.3. The number of allylic oxidation sites excluding steroid dienone is 1. The number of methoxy groups -OCH3 is 2. The van der Waals surface area contributed by atoms with Crippen molar-refractivity contribution in [3.8, 4) is 11.5 Å². The Bertz CT molecular complexity index is 1400. The summed E-state index contributed by atoms with van der Waals surface area (Å²) in [7, 11) is 5.16. The highest BCUT2D eigenvalue weighted by Gasteiger charge is 2.32. The van der Waals surface area contributed by atoms with Gasteiger partial charge in [-0.05, 0) is 58.0 Å². The summed E-state index contributed by atoms with van der Waals surface area (Å²) in [5.41, 5.74) is 4.90. The van der Waals surface area contributed by atoms with Crippen LogP contribution in [0.5, 0.6) is 11.5 Å². The normalized spacial score (nSPS) is 21.6. The molecule has 2 N–H and O–H groups in total. The van der Waals surface area contributed by atoms with E-state index in [-0.39, 0.29) is 0 Å². The molecular weight excluding hydrogens is 542 g/mol. The molecule has 0 bridgehead atoms. The lowest BCUT2D eigenvalue weighted by Gasteiger charge is -2.39. The van der Waals surface area contributed by atoms with E-state index in [0.29, 0.717) is 29.5 Å². The van der Waals surface area contributed by atoms with E-state index in [4.69, 9.17) is 24.6 Å². The highest BCUT2D eigenvalue weighted by atomic mass is 16.5. The van der Waals surface area contributed by atoms with Gasteiger partial charge in [0.1, 0.15) is 11.5 Å². The number of hydrogen-bond acceptors (Lipinski definition) is 10. The minimum absolute atomic E-state index is 0.296. The number of hydrogen-bond donors (Lipinski definition) is 2. The van der Waals surface area contributed by atoms with E-state index >= 15 is 0 Å². The lowest BCUT2D eigenvalue weighted by Crippen LogP contribution is -2.50. The van der Waals surface area contributed by atoms with Gasteiger partial charge in [-0.15, -0.1) is 0 Å². The molecule has 0 amide bonds. The predicted molar refractivity (Wildman–Crippen MR) is 173 cm³/mol. The number of ether oxygens (including phenoxy) is 3. The second-order valence-corrected chi connectivity index (χ2v) is 11.5. The molecule has 3 aromatic rings. The minimum atomic E-state index is 0.296. The fraction of sp³-hybridized carbons (Fsp3) is 0.485. The van der Waals surface area contributed by atoms with Crippen molar-refractivity contribution >= 4 is 34.2 Å². The van der Waals surface area contributed by atoms with E-state index in [1.54, 1.807) is 26.6 Å². The average molecular weight is 588 g/mol. The van der Waals surface area contributed by atoms with Crippen molar-refractivity contribution in [2.45, 2.75) is 44.9 Å². The van der Waals surface area contributed by atoms with Gasteiger partial charge in [0.25, 0.3) is 0 Å². The van der Waals surface area contributed by atoms with E-state index < -0.39 is 0 Å². The van der Waals surface area contributed by atoms with Gasteiger partial charge < -0.3 is 34.7 Å². The molecule has 2 saturated heterocycles. The third-order valence-electron chi connectivity index (χ3n) is 8.30. The van der Waals surface area contributed by atoms with Crippen LogP contribution in [0.15, 0.2) is 48.8 Å². The lowest BCUT2D eigenvalue weighted by atomic mass is 10.1. The van der Waals surface area contributed by atoms with Crippen molar-refractivity contribution in [2.75, 3.05) is 65.4 Å². The maximum atomic E-state index is 7.80. The Kier molecular flexibility index (Phi) is 10.1. The summed E-state index contributed by atoms with van der Waals surface area (Å²) in [6.07, 6.45) is 7.55. The second kappa shape index (κ2) is 14.2. The molecule has 0 saturated carbocycles. The number of rotatable bonds is 12. The number of anilines is 2. The number of nitrogens with zero attached hydrogens (tertiary/aromatic N) is 5. The molecular formula is C33H45N7O3. The van der Waals surface area contributed by atoms with Crippen LogP contribution in [0.25, 0.3) is 16.6 Å². The van der Waals surface area contributed by atoms with Gasteiger partial charge in [0, 0.05) is 86.8 Å². The fourth-order valence-corrected chi connectivity index (χ4v) is 6.29. The van der Waals surface area contributed by atoms with E-state index in [1.165, 1.54) is 12.6 Å². The van der Waals surface area contributed by atoms with E-state index in [9.17, 15) is 0 Å². The molecule has 3 heterocycles. The van der Waals surface area contributed by atoms with Gasteiger partial charge in [0.2, 0.25) is 0 Å². The van der Waals surface area contributed by atoms with Gasteiger partial charge in [-0.3, -0.25) is 9.88 Å². The number of fused-ring (bicyclic) bond motifs is 1. The van der Waals surface area contributed by atoms with Crippen molar-refractivity contribution in [3.05, 3.63) is 54.5 Å². The Morgan fingerprint density at radius 2 is 1.79 bits per heavy atom. The molecule has 3 atom stereocenters. The SMILES string of the molecule is CN/C=C(\C=N)c1cnc2ccc(N(CCCN3CCC(N4C[C@@H](C)O[C@@H](C)C4)C3)c3cc(OC)cc(OC)c3)cc2n1. The quantitative estimate of drug-likeness (QED) is 0.295. The Morgan fingerprint density at radius 3 is 2.47 bits per heavy atom. The summed E-state index contributed by atoms with van der Waals surface area (Å²) >= 11 is 0. The predicted octanol–water partition coefficient (Wildman–Crippen LogP) is 4.57. The van der Waals surface area contributed by atoms with Gasteiger partial charge in [0.15, 0.2) is 0 Å². The first-order valence-electron chi connectivity index (χ1n) is 15.2. The molecule has 0 radical (unpaired) electrons. The van der Waals surface area contributed by atoms with Crippen molar-refractivity contribution in [2.24, 2.45) is 0 Å². The van der Waals surface area contributed by atoms with Crippen LogP contribution in [0, 0.1) is 5.41 Å². The summed E-state index contributed by atoms with van der Waals surface area (Å²) < 4.78 is 17.2. The highest BCUT2D eigenvalue weighted by Crippen LogP contribution is 2.34. The van der Waals surface area contributed by atoms with Crippen LogP contribution in [0.3, 0.4) is 0 Å². The zero-order valence-electron chi connectivity index (χ0n) is 26.0. The Morgan fingerprint density at radius 1 is 1.05 bits per heavy atom. The average Bonchev–Trinajstić information content (AvgIpc) is 3.50. The molecule has 2 aliphatic heterocycles. The minimum Gasteiger partial charge on any atom is -0.497 e. The monoisotopic (exact) mass is 587 g/mol.